The lowest BCUT2D eigenvalue weighted by atomic mass is 9.90. The summed E-state index contributed by atoms with van der Waals surface area (Å²) in [5, 5.41) is 11.0. The van der Waals surface area contributed by atoms with Crippen LogP contribution in [0.5, 0.6) is 0 Å². The number of nitro groups is 1. The van der Waals surface area contributed by atoms with Crippen LogP contribution in [0, 0.1) is 16.0 Å². The van der Waals surface area contributed by atoms with E-state index in [1.54, 1.807) is 12.1 Å². The van der Waals surface area contributed by atoms with E-state index in [1.807, 2.05) is 6.07 Å². The summed E-state index contributed by atoms with van der Waals surface area (Å²) in [6.07, 6.45) is 2.37. The molecule has 1 fully saturated rings. The maximum absolute atomic E-state index is 11.0. The van der Waals surface area contributed by atoms with Crippen molar-refractivity contribution in [2.45, 2.75) is 32.4 Å². The summed E-state index contributed by atoms with van der Waals surface area (Å²) in [6, 6.07) is 5.70. The maximum atomic E-state index is 11.0. The molecule has 1 saturated heterocycles. The van der Waals surface area contributed by atoms with Crippen molar-refractivity contribution in [2.24, 2.45) is 11.7 Å². The molecule has 2 unspecified atom stereocenters. The van der Waals surface area contributed by atoms with Crippen LogP contribution in [0.3, 0.4) is 0 Å². The minimum Gasteiger partial charge on any atom is -0.329 e. The van der Waals surface area contributed by atoms with E-state index < -0.39 is 0 Å². The molecule has 1 heterocycles. The first-order valence-corrected chi connectivity index (χ1v) is 7.69. The van der Waals surface area contributed by atoms with Gasteiger partial charge in [-0.25, -0.2) is 0 Å². The van der Waals surface area contributed by atoms with E-state index in [4.69, 9.17) is 5.73 Å². The quantitative estimate of drug-likeness (QED) is 0.675. The summed E-state index contributed by atoms with van der Waals surface area (Å²) < 4.78 is 0.522. The number of nitrogens with two attached hydrogens (primary N) is 1. The molecule has 1 aromatic carbocycles. The van der Waals surface area contributed by atoms with Crippen LogP contribution in [0.4, 0.5) is 5.69 Å². The Bertz CT molecular complexity index is 495. The molecule has 0 aliphatic carbocycles. The highest BCUT2D eigenvalue weighted by molar-refractivity contribution is 9.10. The third kappa shape index (κ3) is 3.37. The van der Waals surface area contributed by atoms with E-state index in [9.17, 15) is 10.1 Å². The van der Waals surface area contributed by atoms with Gasteiger partial charge < -0.3 is 5.73 Å². The third-order valence-corrected chi connectivity index (χ3v) is 4.74. The van der Waals surface area contributed by atoms with E-state index in [0.717, 1.165) is 25.1 Å². The summed E-state index contributed by atoms with van der Waals surface area (Å²) in [4.78, 5) is 13.0. The van der Waals surface area contributed by atoms with Gasteiger partial charge in [-0.2, -0.15) is 0 Å². The summed E-state index contributed by atoms with van der Waals surface area (Å²) >= 11 is 3.22. The van der Waals surface area contributed by atoms with E-state index in [2.05, 4.69) is 27.8 Å². The maximum Gasteiger partial charge on any atom is 0.283 e. The van der Waals surface area contributed by atoms with Crippen LogP contribution in [0.1, 0.15) is 25.3 Å². The molecule has 0 amide bonds. The van der Waals surface area contributed by atoms with E-state index in [1.165, 1.54) is 6.42 Å². The van der Waals surface area contributed by atoms with Crippen molar-refractivity contribution >= 4 is 21.6 Å². The second-order valence-corrected chi connectivity index (χ2v) is 6.29. The molecule has 0 spiro atoms. The van der Waals surface area contributed by atoms with Gasteiger partial charge in [-0.1, -0.05) is 13.0 Å². The second kappa shape index (κ2) is 6.65. The number of likely N-dealkylation sites (tertiary alicyclic amines) is 1. The fourth-order valence-electron chi connectivity index (χ4n) is 2.94. The first kappa shape index (κ1) is 15.4. The normalized spacial score (nSPS) is 23.8. The molecule has 5 nitrogen and oxygen atoms in total. The van der Waals surface area contributed by atoms with Crippen LogP contribution >= 0.6 is 15.9 Å². The average molecular weight is 342 g/mol. The Morgan fingerprint density at radius 3 is 2.95 bits per heavy atom. The molecule has 2 N–H and O–H groups in total. The Morgan fingerprint density at radius 1 is 1.55 bits per heavy atom. The van der Waals surface area contributed by atoms with Crippen molar-refractivity contribution in [2.75, 3.05) is 13.1 Å². The standard InChI is InChI=1S/C14H20BrN3O2/c1-10-3-2-6-17(14(10)8-16)9-11-4-5-12(15)13(7-11)18(19)20/h4-5,7,10,14H,2-3,6,8-9,16H2,1H3. The summed E-state index contributed by atoms with van der Waals surface area (Å²) in [6.45, 7) is 4.60. The highest BCUT2D eigenvalue weighted by Crippen LogP contribution is 2.28. The number of halogens is 1. The molecule has 0 bridgehead atoms. The van der Waals surface area contributed by atoms with Crippen LogP contribution in [-0.4, -0.2) is 29.0 Å². The Labute approximate surface area is 127 Å². The van der Waals surface area contributed by atoms with Crippen molar-refractivity contribution in [1.29, 1.82) is 0 Å². The molecule has 0 aromatic heterocycles. The number of benzene rings is 1. The van der Waals surface area contributed by atoms with Gasteiger partial charge in [-0.3, -0.25) is 15.0 Å². The molecular formula is C14H20BrN3O2. The van der Waals surface area contributed by atoms with Crippen LogP contribution in [0.15, 0.2) is 22.7 Å². The van der Waals surface area contributed by atoms with E-state index in [0.29, 0.717) is 23.0 Å². The molecule has 1 aliphatic rings. The SMILES string of the molecule is CC1CCCN(Cc2ccc(Br)c([N+](=O)[O-])c2)C1CN. The topological polar surface area (TPSA) is 72.4 Å². The number of hydrogen-bond acceptors (Lipinski definition) is 4. The zero-order valence-electron chi connectivity index (χ0n) is 11.6. The zero-order valence-corrected chi connectivity index (χ0v) is 13.2. The Balaban J connectivity index is 2.16. The minimum absolute atomic E-state index is 0.122. The third-order valence-electron chi connectivity index (χ3n) is 4.07. The van der Waals surface area contributed by atoms with Gasteiger partial charge in [0.2, 0.25) is 0 Å². The van der Waals surface area contributed by atoms with Gasteiger partial charge in [0.25, 0.3) is 5.69 Å². The highest BCUT2D eigenvalue weighted by atomic mass is 79.9. The van der Waals surface area contributed by atoms with Crippen molar-refractivity contribution in [3.63, 3.8) is 0 Å². The van der Waals surface area contributed by atoms with Gasteiger partial charge in [0.05, 0.1) is 9.40 Å². The monoisotopic (exact) mass is 341 g/mol. The Morgan fingerprint density at radius 2 is 2.30 bits per heavy atom. The molecule has 1 aromatic rings. The molecule has 6 heteroatoms. The van der Waals surface area contributed by atoms with Crippen LogP contribution in [0.2, 0.25) is 0 Å². The first-order chi connectivity index (χ1) is 9.52. The van der Waals surface area contributed by atoms with Crippen molar-refractivity contribution in [3.8, 4) is 0 Å². The van der Waals surface area contributed by atoms with Gasteiger partial charge in [-0.05, 0) is 52.9 Å². The Hall–Kier alpha value is -0.980. The van der Waals surface area contributed by atoms with E-state index in [-0.39, 0.29) is 10.6 Å². The fourth-order valence-corrected chi connectivity index (χ4v) is 3.33. The largest absolute Gasteiger partial charge is 0.329 e. The summed E-state index contributed by atoms with van der Waals surface area (Å²) in [5.41, 5.74) is 6.97. The first-order valence-electron chi connectivity index (χ1n) is 6.90. The Kier molecular flexibility index (Phi) is 5.12. The number of hydrogen-bond donors (Lipinski definition) is 1. The number of nitrogens with zero attached hydrogens (tertiary/aromatic N) is 2. The molecule has 2 atom stereocenters. The predicted molar refractivity (Wildman–Crippen MR) is 82.4 cm³/mol. The van der Waals surface area contributed by atoms with Gasteiger partial charge >= 0.3 is 0 Å². The van der Waals surface area contributed by atoms with Crippen LogP contribution < -0.4 is 5.73 Å². The van der Waals surface area contributed by atoms with Gasteiger partial charge in [0.1, 0.15) is 0 Å². The lowest BCUT2D eigenvalue weighted by Crippen LogP contribution is -2.47. The summed E-state index contributed by atoms with van der Waals surface area (Å²) in [5.74, 6) is 0.583. The van der Waals surface area contributed by atoms with Crippen LogP contribution in [-0.2, 0) is 6.54 Å². The molecule has 1 aliphatic heterocycles. The zero-order chi connectivity index (χ0) is 14.7. The molecular weight excluding hydrogens is 322 g/mol. The molecule has 20 heavy (non-hydrogen) atoms. The van der Waals surface area contributed by atoms with Crippen molar-refractivity contribution in [1.82, 2.24) is 4.90 Å². The number of nitro benzene ring substituents is 1. The fraction of sp³-hybridized carbons (Fsp3) is 0.571. The molecule has 0 saturated carbocycles. The van der Waals surface area contributed by atoms with E-state index >= 15 is 0 Å². The van der Waals surface area contributed by atoms with Crippen molar-refractivity contribution < 1.29 is 4.92 Å². The summed E-state index contributed by atoms with van der Waals surface area (Å²) in [7, 11) is 0. The lowest BCUT2D eigenvalue weighted by molar-refractivity contribution is -0.385. The lowest BCUT2D eigenvalue weighted by Gasteiger charge is -2.39. The van der Waals surface area contributed by atoms with Crippen molar-refractivity contribution in [3.05, 3.63) is 38.3 Å². The average Bonchev–Trinajstić information content (AvgIpc) is 2.41. The minimum atomic E-state index is -0.354. The molecule has 2 rings (SSSR count). The highest BCUT2D eigenvalue weighted by Gasteiger charge is 2.27. The predicted octanol–water partition coefficient (Wildman–Crippen LogP) is 2.92. The van der Waals surface area contributed by atoms with Crippen LogP contribution in [0.25, 0.3) is 0 Å². The number of rotatable bonds is 4. The van der Waals surface area contributed by atoms with Gasteiger partial charge in [0.15, 0.2) is 0 Å². The smallest absolute Gasteiger partial charge is 0.283 e. The molecule has 0 radical (unpaired) electrons. The molecule has 110 valence electrons. The van der Waals surface area contributed by atoms with Gasteiger partial charge in [-0.15, -0.1) is 0 Å². The van der Waals surface area contributed by atoms with Gasteiger partial charge in [0, 0.05) is 25.2 Å². The number of piperidine rings is 1. The second-order valence-electron chi connectivity index (χ2n) is 5.44.